The summed E-state index contributed by atoms with van der Waals surface area (Å²) in [6.07, 6.45) is 1.75. The molecule has 0 aliphatic heterocycles. The number of halogens is 2. The predicted octanol–water partition coefficient (Wildman–Crippen LogP) is 1.97. The molecule has 7 heteroatoms. The minimum Gasteiger partial charge on any atom is -0.329 e. The van der Waals surface area contributed by atoms with E-state index in [4.69, 9.17) is 28.9 Å². The normalized spacial score (nSPS) is 10.7. The van der Waals surface area contributed by atoms with Crippen molar-refractivity contribution >= 4 is 29.0 Å². The van der Waals surface area contributed by atoms with Crippen LogP contribution in [0.15, 0.2) is 24.4 Å². The van der Waals surface area contributed by atoms with E-state index >= 15 is 0 Å². The third-order valence-electron chi connectivity index (χ3n) is 2.55. The Balaban J connectivity index is 2.11. The maximum atomic E-state index is 12.0. The Morgan fingerprint density at radius 2 is 2.16 bits per heavy atom. The fourth-order valence-corrected chi connectivity index (χ4v) is 2.07. The Morgan fingerprint density at radius 1 is 1.37 bits per heavy atom. The van der Waals surface area contributed by atoms with Crippen LogP contribution in [0, 0.1) is 0 Å². The molecule has 1 heterocycles. The van der Waals surface area contributed by atoms with Gasteiger partial charge >= 0.3 is 0 Å². The van der Waals surface area contributed by atoms with Crippen LogP contribution in [0.1, 0.15) is 16.1 Å². The first-order valence-electron chi connectivity index (χ1n) is 5.67. The number of carbonyl (C=O) groups is 1. The molecule has 0 saturated heterocycles. The van der Waals surface area contributed by atoms with Crippen LogP contribution in [-0.4, -0.2) is 27.3 Å². The van der Waals surface area contributed by atoms with Crippen molar-refractivity contribution in [1.29, 1.82) is 0 Å². The fraction of sp³-hybridized carbons (Fsp3) is 0.250. The van der Waals surface area contributed by atoms with E-state index in [0.29, 0.717) is 34.4 Å². The number of nitrogens with two attached hydrogens (primary N) is 1. The summed E-state index contributed by atoms with van der Waals surface area (Å²) in [5.41, 5.74) is 6.42. The van der Waals surface area contributed by atoms with Crippen LogP contribution in [0.2, 0.25) is 10.0 Å². The number of hydrogen-bond donors (Lipinski definition) is 1. The highest BCUT2D eigenvalue weighted by molar-refractivity contribution is 6.35. The Morgan fingerprint density at radius 3 is 2.84 bits per heavy atom. The Kier molecular flexibility index (Phi) is 4.52. The summed E-state index contributed by atoms with van der Waals surface area (Å²) in [7, 11) is 0. The second-order valence-electron chi connectivity index (χ2n) is 3.99. The van der Waals surface area contributed by atoms with Gasteiger partial charge in [-0.3, -0.25) is 9.48 Å². The van der Waals surface area contributed by atoms with Gasteiger partial charge < -0.3 is 5.73 Å². The van der Waals surface area contributed by atoms with Gasteiger partial charge in [-0.25, -0.2) is 0 Å². The topological polar surface area (TPSA) is 73.8 Å². The smallest absolute Gasteiger partial charge is 0.189 e. The van der Waals surface area contributed by atoms with Crippen molar-refractivity contribution in [3.63, 3.8) is 0 Å². The maximum absolute atomic E-state index is 12.0. The number of aromatic nitrogens is 3. The Labute approximate surface area is 120 Å². The van der Waals surface area contributed by atoms with Crippen molar-refractivity contribution in [3.05, 3.63) is 45.7 Å². The van der Waals surface area contributed by atoms with E-state index < -0.39 is 0 Å². The van der Waals surface area contributed by atoms with Crippen molar-refractivity contribution in [2.24, 2.45) is 5.73 Å². The Bertz CT molecular complexity index is 597. The lowest BCUT2D eigenvalue weighted by Gasteiger charge is -2.02. The van der Waals surface area contributed by atoms with E-state index in [-0.39, 0.29) is 12.2 Å². The zero-order valence-electron chi connectivity index (χ0n) is 10.0. The summed E-state index contributed by atoms with van der Waals surface area (Å²) in [4.78, 5) is 12.0. The van der Waals surface area contributed by atoms with Crippen molar-refractivity contribution in [3.8, 4) is 0 Å². The highest BCUT2D eigenvalue weighted by atomic mass is 35.5. The predicted molar refractivity (Wildman–Crippen MR) is 73.6 cm³/mol. The minimum absolute atomic E-state index is 0.146. The number of benzene rings is 1. The molecule has 0 saturated carbocycles. The van der Waals surface area contributed by atoms with E-state index in [1.54, 1.807) is 24.4 Å². The van der Waals surface area contributed by atoms with Crippen LogP contribution >= 0.6 is 23.2 Å². The molecule has 0 aliphatic rings. The molecule has 2 rings (SSSR count). The van der Waals surface area contributed by atoms with Gasteiger partial charge in [0.15, 0.2) is 5.78 Å². The zero-order chi connectivity index (χ0) is 13.8. The average molecular weight is 299 g/mol. The molecule has 2 aromatic rings. The third kappa shape index (κ3) is 3.53. The van der Waals surface area contributed by atoms with Gasteiger partial charge in [-0.05, 0) is 17.7 Å². The van der Waals surface area contributed by atoms with Gasteiger partial charge in [-0.2, -0.15) is 0 Å². The number of nitrogens with zero attached hydrogens (tertiary/aromatic N) is 3. The molecule has 2 N–H and O–H groups in total. The number of hydrogen-bond acceptors (Lipinski definition) is 4. The van der Waals surface area contributed by atoms with Crippen LogP contribution in [-0.2, 0) is 13.0 Å². The lowest BCUT2D eigenvalue weighted by atomic mass is 10.1. The first-order chi connectivity index (χ1) is 9.10. The molecule has 0 radical (unpaired) electrons. The van der Waals surface area contributed by atoms with E-state index in [1.165, 1.54) is 4.68 Å². The third-order valence-corrected chi connectivity index (χ3v) is 3.14. The molecule has 0 unspecified atom stereocenters. The van der Waals surface area contributed by atoms with Gasteiger partial charge in [0, 0.05) is 23.0 Å². The number of rotatable bonds is 5. The Hall–Kier alpha value is -1.43. The zero-order valence-corrected chi connectivity index (χ0v) is 11.5. The van der Waals surface area contributed by atoms with E-state index in [2.05, 4.69) is 10.3 Å². The van der Waals surface area contributed by atoms with Crippen LogP contribution in [0.3, 0.4) is 0 Å². The van der Waals surface area contributed by atoms with Crippen LogP contribution < -0.4 is 5.73 Å². The molecule has 5 nitrogen and oxygen atoms in total. The fourth-order valence-electron chi connectivity index (χ4n) is 1.60. The maximum Gasteiger partial charge on any atom is 0.189 e. The van der Waals surface area contributed by atoms with Crippen molar-refractivity contribution in [2.75, 3.05) is 6.54 Å². The summed E-state index contributed by atoms with van der Waals surface area (Å²) in [5, 5.41) is 8.64. The minimum atomic E-state index is -0.146. The highest BCUT2D eigenvalue weighted by Gasteiger charge is 2.13. The second-order valence-corrected chi connectivity index (χ2v) is 4.83. The molecule has 1 aromatic heterocycles. The molecule has 0 fully saturated rings. The molecular weight excluding hydrogens is 287 g/mol. The molecule has 0 bridgehead atoms. The van der Waals surface area contributed by atoms with Crippen LogP contribution in [0.4, 0.5) is 0 Å². The van der Waals surface area contributed by atoms with Gasteiger partial charge in [0.2, 0.25) is 0 Å². The SMILES string of the molecule is NCCn1cc(C(=O)Cc2ccc(Cl)cc2Cl)nn1. The summed E-state index contributed by atoms with van der Waals surface area (Å²) >= 11 is 11.8. The second kappa shape index (κ2) is 6.14. The standard InChI is InChI=1S/C12H12Cl2N4O/c13-9-2-1-8(10(14)6-9)5-12(19)11-7-18(4-3-15)17-16-11/h1-2,6-7H,3-5,15H2. The van der Waals surface area contributed by atoms with E-state index in [1.807, 2.05) is 0 Å². The molecule has 0 aliphatic carbocycles. The first-order valence-corrected chi connectivity index (χ1v) is 6.43. The van der Waals surface area contributed by atoms with E-state index in [0.717, 1.165) is 0 Å². The average Bonchev–Trinajstić information content (AvgIpc) is 2.82. The lowest BCUT2D eigenvalue weighted by Crippen LogP contribution is -2.10. The summed E-state index contributed by atoms with van der Waals surface area (Å²) < 4.78 is 1.54. The van der Waals surface area contributed by atoms with Gasteiger partial charge in [-0.15, -0.1) is 5.10 Å². The van der Waals surface area contributed by atoms with Gasteiger partial charge in [0.25, 0.3) is 0 Å². The molecule has 19 heavy (non-hydrogen) atoms. The lowest BCUT2D eigenvalue weighted by molar-refractivity contribution is 0.0988. The molecule has 0 atom stereocenters. The molecule has 0 amide bonds. The van der Waals surface area contributed by atoms with E-state index in [9.17, 15) is 4.79 Å². The van der Waals surface area contributed by atoms with Crippen molar-refractivity contribution < 1.29 is 4.79 Å². The van der Waals surface area contributed by atoms with Crippen LogP contribution in [0.5, 0.6) is 0 Å². The summed E-state index contributed by atoms with van der Waals surface area (Å²) in [6.45, 7) is 0.974. The number of ketones is 1. The van der Waals surface area contributed by atoms with Gasteiger partial charge in [0.05, 0.1) is 12.7 Å². The molecular formula is C12H12Cl2N4O. The quantitative estimate of drug-likeness (QED) is 0.857. The summed E-state index contributed by atoms with van der Waals surface area (Å²) in [5.74, 6) is -0.146. The molecule has 0 spiro atoms. The summed E-state index contributed by atoms with van der Waals surface area (Å²) in [6, 6.07) is 5.03. The van der Waals surface area contributed by atoms with Crippen molar-refractivity contribution in [1.82, 2.24) is 15.0 Å². The molecule has 100 valence electrons. The number of Topliss-reactive ketones (excluding diaryl/α,β-unsaturated/α-hetero) is 1. The molecule has 1 aromatic carbocycles. The largest absolute Gasteiger partial charge is 0.329 e. The van der Waals surface area contributed by atoms with Crippen LogP contribution in [0.25, 0.3) is 0 Å². The highest BCUT2D eigenvalue weighted by Crippen LogP contribution is 2.22. The number of carbonyl (C=O) groups excluding carboxylic acids is 1. The first kappa shape index (κ1) is 14.0. The van der Waals surface area contributed by atoms with Crippen molar-refractivity contribution in [2.45, 2.75) is 13.0 Å². The van der Waals surface area contributed by atoms with Gasteiger partial charge in [0.1, 0.15) is 5.69 Å². The monoisotopic (exact) mass is 298 g/mol. The van der Waals surface area contributed by atoms with Gasteiger partial charge in [-0.1, -0.05) is 34.5 Å².